The topological polar surface area (TPSA) is 75.4 Å². The molecule has 0 unspecified atom stereocenters. The molecule has 0 spiro atoms. The molecular weight excluding hydrogens is 318 g/mol. The number of carbonyl (C=O) groups is 1. The summed E-state index contributed by atoms with van der Waals surface area (Å²) in [5.41, 5.74) is 4.09. The monoisotopic (exact) mass is 343 g/mol. The van der Waals surface area contributed by atoms with Gasteiger partial charge in [-0.05, 0) is 38.6 Å². The van der Waals surface area contributed by atoms with Gasteiger partial charge in [-0.25, -0.2) is 0 Å². The molecule has 0 saturated carbocycles. The van der Waals surface area contributed by atoms with Gasteiger partial charge in [0.1, 0.15) is 0 Å². The van der Waals surface area contributed by atoms with Crippen LogP contribution in [0, 0.1) is 6.92 Å². The molecule has 3 heterocycles. The zero-order chi connectivity index (χ0) is 18.1. The minimum Gasteiger partial charge on any atom is -0.339 e. The Morgan fingerprint density at radius 3 is 2.80 bits per heavy atom. The maximum Gasteiger partial charge on any atom is 0.237 e. The Hall–Kier alpha value is -2.28. The maximum absolute atomic E-state index is 12.3. The van der Waals surface area contributed by atoms with Crippen molar-refractivity contribution in [3.8, 4) is 11.4 Å². The summed E-state index contributed by atoms with van der Waals surface area (Å²) in [4.78, 5) is 25.2. The van der Waals surface area contributed by atoms with Gasteiger partial charge in [-0.15, -0.1) is 0 Å². The summed E-state index contributed by atoms with van der Waals surface area (Å²) >= 11 is 0. The molecule has 0 N–H and O–H groups in total. The molecule has 0 aromatic carbocycles. The molecule has 1 amide bonds. The van der Waals surface area contributed by atoms with Crippen LogP contribution in [-0.4, -0.2) is 58.0 Å². The molecule has 7 nitrogen and oxygen atoms in total. The fraction of sp³-hybridized carbons (Fsp3) is 0.556. The Bertz CT molecular complexity index is 782. The van der Waals surface area contributed by atoms with Gasteiger partial charge in [0.2, 0.25) is 17.6 Å². The quantitative estimate of drug-likeness (QED) is 0.845. The van der Waals surface area contributed by atoms with E-state index in [4.69, 9.17) is 4.52 Å². The second kappa shape index (κ2) is 6.92. The van der Waals surface area contributed by atoms with Crippen LogP contribution in [0.5, 0.6) is 0 Å². The van der Waals surface area contributed by atoms with E-state index in [9.17, 15) is 4.79 Å². The van der Waals surface area contributed by atoms with Gasteiger partial charge >= 0.3 is 0 Å². The van der Waals surface area contributed by atoms with Crippen LogP contribution in [0.1, 0.15) is 42.5 Å². The largest absolute Gasteiger partial charge is 0.339 e. The summed E-state index contributed by atoms with van der Waals surface area (Å²) in [5, 5.41) is 4.16. The Morgan fingerprint density at radius 1 is 1.40 bits per heavy atom. The van der Waals surface area contributed by atoms with Gasteiger partial charge in [-0.3, -0.25) is 9.78 Å². The number of carbonyl (C=O) groups excluding carboxylic acids is 1. The SMILES string of the molecule is Cc1ncc2c(c1-c1noc(C(C)C)n1)CCN(C(=O)CN(C)C)C2. The molecule has 2 aromatic heterocycles. The summed E-state index contributed by atoms with van der Waals surface area (Å²) in [6.45, 7) is 7.71. The van der Waals surface area contributed by atoms with E-state index in [0.717, 1.165) is 23.2 Å². The number of hydrogen-bond acceptors (Lipinski definition) is 6. The van der Waals surface area contributed by atoms with Crippen molar-refractivity contribution in [3.63, 3.8) is 0 Å². The summed E-state index contributed by atoms with van der Waals surface area (Å²) in [7, 11) is 3.81. The predicted molar refractivity (Wildman–Crippen MR) is 94.0 cm³/mol. The van der Waals surface area contributed by atoms with Crippen LogP contribution in [0.25, 0.3) is 11.4 Å². The Kier molecular flexibility index (Phi) is 4.85. The third-order valence-electron chi connectivity index (χ3n) is 4.42. The molecule has 1 aliphatic rings. The van der Waals surface area contributed by atoms with Gasteiger partial charge in [-0.2, -0.15) is 4.98 Å². The van der Waals surface area contributed by atoms with E-state index in [2.05, 4.69) is 15.1 Å². The highest BCUT2D eigenvalue weighted by molar-refractivity contribution is 5.79. The van der Waals surface area contributed by atoms with E-state index in [1.54, 1.807) is 0 Å². The lowest BCUT2D eigenvalue weighted by Crippen LogP contribution is -2.41. The third kappa shape index (κ3) is 3.56. The molecule has 1 aliphatic heterocycles. The summed E-state index contributed by atoms with van der Waals surface area (Å²) < 4.78 is 5.37. The average Bonchev–Trinajstić information content (AvgIpc) is 3.03. The van der Waals surface area contributed by atoms with E-state index in [1.807, 2.05) is 50.9 Å². The van der Waals surface area contributed by atoms with Crippen LogP contribution in [-0.2, 0) is 17.8 Å². The predicted octanol–water partition coefficient (Wildman–Crippen LogP) is 2.01. The number of pyridine rings is 1. The van der Waals surface area contributed by atoms with Crippen molar-refractivity contribution in [1.29, 1.82) is 0 Å². The minimum atomic E-state index is 0.138. The van der Waals surface area contributed by atoms with Gasteiger partial charge in [0.05, 0.1) is 6.54 Å². The summed E-state index contributed by atoms with van der Waals surface area (Å²) in [5.74, 6) is 1.55. The summed E-state index contributed by atoms with van der Waals surface area (Å²) in [6, 6.07) is 0. The minimum absolute atomic E-state index is 0.138. The van der Waals surface area contributed by atoms with Crippen molar-refractivity contribution in [3.05, 3.63) is 28.9 Å². The first-order valence-corrected chi connectivity index (χ1v) is 8.60. The molecule has 0 aliphatic carbocycles. The molecule has 134 valence electrons. The Labute approximate surface area is 148 Å². The first kappa shape index (κ1) is 17.5. The standard InChI is InChI=1S/C18H25N5O2/c1-11(2)18-20-17(21-25-18)16-12(3)19-8-13-9-23(7-6-14(13)16)15(24)10-22(4)5/h8,11H,6-7,9-10H2,1-5H3. The highest BCUT2D eigenvalue weighted by Gasteiger charge is 2.26. The van der Waals surface area contributed by atoms with Crippen molar-refractivity contribution in [2.75, 3.05) is 27.2 Å². The van der Waals surface area contributed by atoms with Gasteiger partial charge in [0, 0.05) is 36.5 Å². The van der Waals surface area contributed by atoms with E-state index < -0.39 is 0 Å². The van der Waals surface area contributed by atoms with Crippen molar-refractivity contribution in [2.24, 2.45) is 0 Å². The van der Waals surface area contributed by atoms with Crippen LogP contribution in [0.4, 0.5) is 0 Å². The van der Waals surface area contributed by atoms with Crippen LogP contribution >= 0.6 is 0 Å². The lowest BCUT2D eigenvalue weighted by Gasteiger charge is -2.30. The lowest BCUT2D eigenvalue weighted by molar-refractivity contribution is -0.132. The van der Waals surface area contributed by atoms with E-state index in [-0.39, 0.29) is 11.8 Å². The van der Waals surface area contributed by atoms with Crippen LogP contribution in [0.2, 0.25) is 0 Å². The zero-order valence-corrected chi connectivity index (χ0v) is 15.5. The van der Waals surface area contributed by atoms with Gasteiger partial charge in [0.15, 0.2) is 0 Å². The smallest absolute Gasteiger partial charge is 0.237 e. The molecule has 0 bridgehead atoms. The number of rotatable bonds is 4. The number of amides is 1. The fourth-order valence-corrected chi connectivity index (χ4v) is 3.10. The molecule has 0 atom stereocenters. The average molecular weight is 343 g/mol. The second-order valence-electron chi connectivity index (χ2n) is 7.14. The highest BCUT2D eigenvalue weighted by atomic mass is 16.5. The molecule has 25 heavy (non-hydrogen) atoms. The van der Waals surface area contributed by atoms with Crippen LogP contribution < -0.4 is 0 Å². The van der Waals surface area contributed by atoms with Crippen molar-refractivity contribution in [2.45, 2.75) is 39.7 Å². The van der Waals surface area contributed by atoms with Gasteiger partial charge in [-0.1, -0.05) is 19.0 Å². The van der Waals surface area contributed by atoms with E-state index >= 15 is 0 Å². The van der Waals surface area contributed by atoms with Crippen LogP contribution in [0.15, 0.2) is 10.7 Å². The normalized spacial score (nSPS) is 14.3. The van der Waals surface area contributed by atoms with Crippen molar-refractivity contribution in [1.82, 2.24) is 24.9 Å². The Balaban J connectivity index is 1.92. The number of nitrogens with zero attached hydrogens (tertiary/aromatic N) is 5. The molecule has 0 saturated heterocycles. The van der Waals surface area contributed by atoms with Crippen molar-refractivity contribution < 1.29 is 9.32 Å². The molecular formula is C18H25N5O2. The lowest BCUT2D eigenvalue weighted by atomic mass is 9.94. The number of hydrogen-bond donors (Lipinski definition) is 0. The molecule has 0 fully saturated rings. The number of fused-ring (bicyclic) bond motifs is 1. The highest BCUT2D eigenvalue weighted by Crippen LogP contribution is 2.31. The Morgan fingerprint density at radius 2 is 2.16 bits per heavy atom. The summed E-state index contributed by atoms with van der Waals surface area (Å²) in [6.07, 6.45) is 2.64. The first-order valence-electron chi connectivity index (χ1n) is 8.60. The van der Waals surface area contributed by atoms with Crippen LogP contribution in [0.3, 0.4) is 0 Å². The van der Waals surface area contributed by atoms with E-state index in [1.165, 1.54) is 5.56 Å². The van der Waals surface area contributed by atoms with E-state index in [0.29, 0.717) is 31.3 Å². The molecule has 7 heteroatoms. The number of aromatic nitrogens is 3. The number of likely N-dealkylation sites (N-methyl/N-ethyl adjacent to an activating group) is 1. The maximum atomic E-state index is 12.3. The molecule has 0 radical (unpaired) electrons. The van der Waals surface area contributed by atoms with Crippen molar-refractivity contribution >= 4 is 5.91 Å². The zero-order valence-electron chi connectivity index (χ0n) is 15.5. The second-order valence-corrected chi connectivity index (χ2v) is 7.14. The fourth-order valence-electron chi connectivity index (χ4n) is 3.10. The number of aryl methyl sites for hydroxylation is 1. The van der Waals surface area contributed by atoms with Gasteiger partial charge in [0.25, 0.3) is 0 Å². The first-order chi connectivity index (χ1) is 11.9. The van der Waals surface area contributed by atoms with Gasteiger partial charge < -0.3 is 14.3 Å². The molecule has 2 aromatic rings. The molecule has 3 rings (SSSR count). The third-order valence-corrected chi connectivity index (χ3v) is 4.42.